The number of amidine groups is 1. The molecule has 0 aliphatic rings. The van der Waals surface area contributed by atoms with Gasteiger partial charge < -0.3 is 5.73 Å². The number of halogens is 1. The van der Waals surface area contributed by atoms with E-state index in [0.29, 0.717) is 5.56 Å². The molecular weight excluding hydrogens is 315 g/mol. The van der Waals surface area contributed by atoms with Gasteiger partial charge in [0.1, 0.15) is 5.84 Å². The van der Waals surface area contributed by atoms with Crippen LogP contribution in [0.2, 0.25) is 0 Å². The smallest absolute Gasteiger partial charge is 0.124 e. The molecule has 5 heteroatoms. The summed E-state index contributed by atoms with van der Waals surface area (Å²) in [6, 6.07) is 5.76. The van der Waals surface area contributed by atoms with Crippen LogP contribution in [0, 0.1) is 15.9 Å². The Balaban J connectivity index is 2.62. The van der Waals surface area contributed by atoms with Crippen molar-refractivity contribution in [3.05, 3.63) is 45.3 Å². The van der Waals surface area contributed by atoms with Gasteiger partial charge in [0.2, 0.25) is 0 Å². The third-order valence-electron chi connectivity index (χ3n) is 2.24. The van der Waals surface area contributed by atoms with Crippen LogP contribution in [0.3, 0.4) is 0 Å². The molecule has 1 heterocycles. The fourth-order valence-electron chi connectivity index (χ4n) is 1.49. The van der Waals surface area contributed by atoms with E-state index in [-0.39, 0.29) is 5.84 Å². The van der Waals surface area contributed by atoms with Crippen molar-refractivity contribution in [3.8, 4) is 5.69 Å². The van der Waals surface area contributed by atoms with E-state index in [9.17, 15) is 0 Å². The number of aromatic nitrogens is 2. The Morgan fingerprint density at radius 1 is 1.50 bits per heavy atom. The van der Waals surface area contributed by atoms with Crippen LogP contribution in [-0.4, -0.2) is 15.6 Å². The van der Waals surface area contributed by atoms with Crippen molar-refractivity contribution < 1.29 is 0 Å². The molecule has 0 fully saturated rings. The second kappa shape index (κ2) is 4.25. The summed E-state index contributed by atoms with van der Waals surface area (Å²) in [5, 5.41) is 11.8. The van der Waals surface area contributed by atoms with Crippen molar-refractivity contribution >= 4 is 28.4 Å². The van der Waals surface area contributed by atoms with Crippen LogP contribution in [0.25, 0.3) is 5.69 Å². The third-order valence-corrected chi connectivity index (χ3v) is 2.80. The van der Waals surface area contributed by atoms with Gasteiger partial charge in [-0.2, -0.15) is 5.10 Å². The first-order valence-corrected chi connectivity index (χ1v) is 5.81. The van der Waals surface area contributed by atoms with Crippen LogP contribution in [0.5, 0.6) is 0 Å². The molecule has 0 saturated carbocycles. The molecule has 3 N–H and O–H groups in total. The molecule has 2 rings (SSSR count). The molecule has 0 aliphatic carbocycles. The van der Waals surface area contributed by atoms with Crippen molar-refractivity contribution in [2.75, 3.05) is 0 Å². The zero-order valence-electron chi connectivity index (χ0n) is 8.74. The van der Waals surface area contributed by atoms with E-state index in [1.807, 2.05) is 31.3 Å². The fourth-order valence-corrected chi connectivity index (χ4v) is 1.88. The molecule has 0 amide bonds. The number of nitrogens with two attached hydrogens (primary N) is 1. The zero-order chi connectivity index (χ0) is 11.7. The molecule has 4 nitrogen and oxygen atoms in total. The van der Waals surface area contributed by atoms with E-state index in [2.05, 4.69) is 27.7 Å². The number of aryl methyl sites for hydroxylation is 1. The highest BCUT2D eigenvalue weighted by Gasteiger charge is 2.08. The maximum atomic E-state index is 7.54. The number of nitrogens with zero attached hydrogens (tertiary/aromatic N) is 2. The van der Waals surface area contributed by atoms with E-state index in [1.165, 1.54) is 0 Å². The predicted molar refractivity (Wildman–Crippen MR) is 72.0 cm³/mol. The minimum atomic E-state index is 0.0560. The highest BCUT2D eigenvalue weighted by atomic mass is 127. The second-order valence-corrected chi connectivity index (χ2v) is 4.78. The molecule has 0 atom stereocenters. The lowest BCUT2D eigenvalue weighted by Crippen LogP contribution is -2.15. The van der Waals surface area contributed by atoms with E-state index in [4.69, 9.17) is 11.1 Å². The quantitative estimate of drug-likeness (QED) is 0.504. The van der Waals surface area contributed by atoms with Crippen molar-refractivity contribution in [1.29, 1.82) is 5.41 Å². The topological polar surface area (TPSA) is 67.7 Å². The van der Waals surface area contributed by atoms with Gasteiger partial charge in [0.15, 0.2) is 0 Å². The van der Waals surface area contributed by atoms with Gasteiger partial charge in [-0.25, -0.2) is 4.68 Å². The highest BCUT2D eigenvalue weighted by molar-refractivity contribution is 14.1. The summed E-state index contributed by atoms with van der Waals surface area (Å²) in [5.74, 6) is 0.0560. The number of nitrogen functional groups attached to an aromatic ring is 1. The van der Waals surface area contributed by atoms with Gasteiger partial charge in [-0.05, 0) is 47.2 Å². The lowest BCUT2D eigenvalue weighted by Gasteiger charge is -2.09. The summed E-state index contributed by atoms with van der Waals surface area (Å²) in [6.45, 7) is 2.00. The number of rotatable bonds is 2. The molecule has 0 radical (unpaired) electrons. The highest BCUT2D eigenvalue weighted by Crippen LogP contribution is 2.16. The molecule has 82 valence electrons. The van der Waals surface area contributed by atoms with Crippen LogP contribution in [0.4, 0.5) is 0 Å². The van der Waals surface area contributed by atoms with Gasteiger partial charge in [-0.15, -0.1) is 0 Å². The Labute approximate surface area is 107 Å². The SMILES string of the molecule is Cc1ccc(C(=N)N)c(-n2cc(I)cn2)c1. The first-order valence-electron chi connectivity index (χ1n) is 4.73. The molecule has 1 aromatic carbocycles. The van der Waals surface area contributed by atoms with Crippen LogP contribution in [0.15, 0.2) is 30.6 Å². The fraction of sp³-hybridized carbons (Fsp3) is 0.0909. The van der Waals surface area contributed by atoms with Crippen LogP contribution < -0.4 is 5.73 Å². The Bertz CT molecular complexity index is 545. The van der Waals surface area contributed by atoms with E-state index < -0.39 is 0 Å². The standard InChI is InChI=1S/C11H11IN4/c1-7-2-3-9(11(13)14)10(4-7)16-6-8(12)5-15-16/h2-6H,1H3,(H3,13,14). The average Bonchev–Trinajstić information content (AvgIpc) is 2.64. The number of benzene rings is 1. The van der Waals surface area contributed by atoms with Crippen molar-refractivity contribution in [1.82, 2.24) is 9.78 Å². The second-order valence-electron chi connectivity index (χ2n) is 3.54. The van der Waals surface area contributed by atoms with Crippen LogP contribution in [-0.2, 0) is 0 Å². The maximum Gasteiger partial charge on any atom is 0.124 e. The van der Waals surface area contributed by atoms with Crippen molar-refractivity contribution in [2.24, 2.45) is 5.73 Å². The van der Waals surface area contributed by atoms with Crippen LogP contribution >= 0.6 is 22.6 Å². The molecule has 0 saturated heterocycles. The minimum Gasteiger partial charge on any atom is -0.384 e. The number of hydrogen-bond acceptors (Lipinski definition) is 2. The van der Waals surface area contributed by atoms with E-state index in [0.717, 1.165) is 14.8 Å². The first kappa shape index (κ1) is 11.1. The molecule has 0 spiro atoms. The predicted octanol–water partition coefficient (Wildman–Crippen LogP) is 2.07. The Morgan fingerprint density at radius 2 is 2.25 bits per heavy atom. The van der Waals surface area contributed by atoms with Gasteiger partial charge in [-0.1, -0.05) is 6.07 Å². The van der Waals surface area contributed by atoms with Gasteiger partial charge >= 0.3 is 0 Å². The third kappa shape index (κ3) is 2.08. The Hall–Kier alpha value is -1.37. The van der Waals surface area contributed by atoms with Gasteiger partial charge in [0, 0.05) is 11.8 Å². The molecule has 2 aromatic rings. The number of hydrogen-bond donors (Lipinski definition) is 2. The maximum absolute atomic E-state index is 7.54. The lowest BCUT2D eigenvalue weighted by molar-refractivity contribution is 0.876. The first-order chi connectivity index (χ1) is 7.58. The summed E-state index contributed by atoms with van der Waals surface area (Å²) in [4.78, 5) is 0. The summed E-state index contributed by atoms with van der Waals surface area (Å²) in [5.41, 5.74) is 8.21. The molecule has 0 unspecified atom stereocenters. The lowest BCUT2D eigenvalue weighted by atomic mass is 10.1. The molecule has 1 aromatic heterocycles. The van der Waals surface area contributed by atoms with Gasteiger partial charge in [0.05, 0.1) is 15.5 Å². The van der Waals surface area contributed by atoms with E-state index >= 15 is 0 Å². The Kier molecular flexibility index (Phi) is 2.95. The summed E-state index contributed by atoms with van der Waals surface area (Å²) in [7, 11) is 0. The molecule has 16 heavy (non-hydrogen) atoms. The molecule has 0 bridgehead atoms. The van der Waals surface area contributed by atoms with Gasteiger partial charge in [-0.3, -0.25) is 5.41 Å². The zero-order valence-corrected chi connectivity index (χ0v) is 10.9. The van der Waals surface area contributed by atoms with Crippen LogP contribution in [0.1, 0.15) is 11.1 Å². The van der Waals surface area contributed by atoms with Crippen molar-refractivity contribution in [3.63, 3.8) is 0 Å². The monoisotopic (exact) mass is 326 g/mol. The average molecular weight is 326 g/mol. The summed E-state index contributed by atoms with van der Waals surface area (Å²) in [6.07, 6.45) is 3.68. The molecule has 0 aliphatic heterocycles. The molecular formula is C11H11IN4. The minimum absolute atomic E-state index is 0.0560. The summed E-state index contributed by atoms with van der Waals surface area (Å²) < 4.78 is 2.79. The van der Waals surface area contributed by atoms with Crippen molar-refractivity contribution in [2.45, 2.75) is 6.92 Å². The number of nitrogens with one attached hydrogen (secondary N) is 1. The largest absolute Gasteiger partial charge is 0.384 e. The Morgan fingerprint density at radius 3 is 2.81 bits per heavy atom. The van der Waals surface area contributed by atoms with Gasteiger partial charge in [0.25, 0.3) is 0 Å². The summed E-state index contributed by atoms with van der Waals surface area (Å²) >= 11 is 2.20. The van der Waals surface area contributed by atoms with E-state index in [1.54, 1.807) is 10.9 Å². The normalized spacial score (nSPS) is 10.4.